The Morgan fingerprint density at radius 1 is 1.12 bits per heavy atom. The number of anilines is 1. The number of rotatable bonds is 9. The zero-order valence-electron chi connectivity index (χ0n) is 22.3. The second-order valence-corrected chi connectivity index (χ2v) is 9.35. The van der Waals surface area contributed by atoms with Crippen molar-refractivity contribution in [1.29, 1.82) is 0 Å². The topological polar surface area (TPSA) is 156 Å². The molecule has 3 N–H and O–H groups in total. The van der Waals surface area contributed by atoms with E-state index in [9.17, 15) is 4.79 Å². The first-order chi connectivity index (χ1) is 19.9. The number of nitrogens with zero attached hydrogens (tertiary/aromatic N) is 6. The fourth-order valence-electron chi connectivity index (χ4n) is 4.14. The standard InChI is InChI=1S/C28H25ClN8O4/c1-16-11-21(12-17(2)23(16)29)40-15-20-13-18(9-10-22(20)39-3)14-31-33-28(38)24-25(19-7-5-4-6-8-19)37(36-32-24)27-26(30)34-41-35-27/h4-14H,15H2,1-3H3,(H2,30,34)(H,33,38)/b31-14+. The number of amides is 1. The quantitative estimate of drug-likeness (QED) is 0.191. The SMILES string of the molecule is COc1ccc(/C=N/NC(=O)c2nnn(-c3nonc3N)c2-c2ccccc2)cc1COc1cc(C)c(Cl)c(C)c1. The molecule has 12 nitrogen and oxygen atoms in total. The summed E-state index contributed by atoms with van der Waals surface area (Å²) in [5.41, 5.74) is 12.7. The molecule has 1 amide bonds. The predicted octanol–water partition coefficient (Wildman–Crippen LogP) is 4.52. The number of aromatic nitrogens is 5. The van der Waals surface area contributed by atoms with Crippen LogP contribution in [0.4, 0.5) is 5.82 Å². The monoisotopic (exact) mass is 572 g/mol. The van der Waals surface area contributed by atoms with Gasteiger partial charge in [-0.05, 0) is 71.2 Å². The minimum absolute atomic E-state index is 0.00215. The maximum atomic E-state index is 13.1. The first-order valence-electron chi connectivity index (χ1n) is 12.3. The number of hydrogen-bond acceptors (Lipinski definition) is 10. The Bertz CT molecular complexity index is 1710. The highest BCUT2D eigenvalue weighted by atomic mass is 35.5. The van der Waals surface area contributed by atoms with Crippen molar-refractivity contribution < 1.29 is 18.9 Å². The van der Waals surface area contributed by atoms with Gasteiger partial charge in [-0.1, -0.05) is 47.1 Å². The van der Waals surface area contributed by atoms with E-state index in [1.165, 1.54) is 10.9 Å². The summed E-state index contributed by atoms with van der Waals surface area (Å²) in [4.78, 5) is 13.1. The molecule has 0 fully saturated rings. The number of ether oxygens (including phenoxy) is 2. The summed E-state index contributed by atoms with van der Waals surface area (Å²) in [5, 5.41) is 20.3. The van der Waals surface area contributed by atoms with E-state index >= 15 is 0 Å². The Morgan fingerprint density at radius 3 is 2.56 bits per heavy atom. The molecule has 41 heavy (non-hydrogen) atoms. The molecule has 208 valence electrons. The third-order valence-electron chi connectivity index (χ3n) is 6.12. The van der Waals surface area contributed by atoms with E-state index in [-0.39, 0.29) is 23.9 Å². The highest BCUT2D eigenvalue weighted by molar-refractivity contribution is 6.32. The summed E-state index contributed by atoms with van der Waals surface area (Å²) in [7, 11) is 1.59. The zero-order chi connectivity index (χ0) is 28.9. The van der Waals surface area contributed by atoms with Crippen LogP contribution in [0.5, 0.6) is 11.5 Å². The predicted molar refractivity (Wildman–Crippen MR) is 152 cm³/mol. The van der Waals surface area contributed by atoms with Gasteiger partial charge in [0.1, 0.15) is 23.8 Å². The summed E-state index contributed by atoms with van der Waals surface area (Å²) >= 11 is 6.27. The number of aryl methyl sites for hydroxylation is 2. The van der Waals surface area contributed by atoms with Gasteiger partial charge in [0.15, 0.2) is 5.69 Å². The van der Waals surface area contributed by atoms with Crippen LogP contribution in [0, 0.1) is 13.8 Å². The molecule has 2 heterocycles. The van der Waals surface area contributed by atoms with E-state index in [4.69, 9.17) is 31.4 Å². The fourth-order valence-corrected chi connectivity index (χ4v) is 4.25. The molecule has 0 aliphatic carbocycles. The Morgan fingerprint density at radius 2 is 1.88 bits per heavy atom. The van der Waals surface area contributed by atoms with E-state index in [1.54, 1.807) is 31.4 Å². The van der Waals surface area contributed by atoms with Crippen LogP contribution in [-0.2, 0) is 6.61 Å². The number of hydrazone groups is 1. The molecule has 5 rings (SSSR count). The molecule has 13 heteroatoms. The number of methoxy groups -OCH3 is 1. The van der Waals surface area contributed by atoms with Crippen LogP contribution in [0.3, 0.4) is 0 Å². The van der Waals surface area contributed by atoms with Crippen LogP contribution in [0.15, 0.2) is 70.4 Å². The van der Waals surface area contributed by atoms with Gasteiger partial charge in [-0.15, -0.1) is 5.10 Å². The normalized spacial score (nSPS) is 11.1. The van der Waals surface area contributed by atoms with Crippen molar-refractivity contribution in [2.45, 2.75) is 20.5 Å². The van der Waals surface area contributed by atoms with E-state index in [1.807, 2.05) is 50.2 Å². The average molecular weight is 573 g/mol. The van der Waals surface area contributed by atoms with Gasteiger partial charge in [-0.25, -0.2) is 10.1 Å². The molecular formula is C28H25ClN8O4. The van der Waals surface area contributed by atoms with E-state index < -0.39 is 5.91 Å². The summed E-state index contributed by atoms with van der Waals surface area (Å²) in [6, 6.07) is 18.3. The van der Waals surface area contributed by atoms with Crippen molar-refractivity contribution in [2.24, 2.45) is 5.10 Å². The van der Waals surface area contributed by atoms with Gasteiger partial charge in [0.05, 0.1) is 13.3 Å². The van der Waals surface area contributed by atoms with Gasteiger partial charge in [-0.3, -0.25) is 4.79 Å². The van der Waals surface area contributed by atoms with Crippen LogP contribution in [0.1, 0.15) is 32.7 Å². The smallest absolute Gasteiger partial charge is 0.294 e. The molecule has 5 aromatic rings. The number of nitrogens with one attached hydrogen (secondary N) is 1. The molecule has 0 spiro atoms. The number of carbonyl (C=O) groups excluding carboxylic acids is 1. The third kappa shape index (κ3) is 5.87. The number of carbonyl (C=O) groups is 1. The van der Waals surface area contributed by atoms with Gasteiger partial charge in [-0.2, -0.15) is 9.78 Å². The van der Waals surface area contributed by atoms with E-state index in [2.05, 4.69) is 31.2 Å². The lowest BCUT2D eigenvalue weighted by molar-refractivity contribution is 0.0950. The molecule has 0 bridgehead atoms. The van der Waals surface area contributed by atoms with Crippen molar-refractivity contribution in [2.75, 3.05) is 12.8 Å². The van der Waals surface area contributed by atoms with Gasteiger partial charge in [0.25, 0.3) is 5.91 Å². The first kappa shape index (κ1) is 27.3. The van der Waals surface area contributed by atoms with Crippen LogP contribution in [0.2, 0.25) is 5.02 Å². The van der Waals surface area contributed by atoms with Crippen LogP contribution >= 0.6 is 11.6 Å². The van der Waals surface area contributed by atoms with Gasteiger partial charge in [0, 0.05) is 16.1 Å². The van der Waals surface area contributed by atoms with Crippen molar-refractivity contribution >= 4 is 29.5 Å². The van der Waals surface area contributed by atoms with Crippen molar-refractivity contribution in [3.63, 3.8) is 0 Å². The minimum Gasteiger partial charge on any atom is -0.496 e. The average Bonchev–Trinajstić information content (AvgIpc) is 3.61. The summed E-state index contributed by atoms with van der Waals surface area (Å²) in [5.74, 6) is 0.864. The first-order valence-corrected chi connectivity index (χ1v) is 12.7. The lowest BCUT2D eigenvalue weighted by atomic mass is 10.1. The Balaban J connectivity index is 1.34. The highest BCUT2D eigenvalue weighted by Gasteiger charge is 2.25. The zero-order valence-corrected chi connectivity index (χ0v) is 23.1. The van der Waals surface area contributed by atoms with Crippen molar-refractivity contribution in [3.05, 3.63) is 93.6 Å². The molecule has 0 saturated heterocycles. The molecule has 3 aromatic carbocycles. The number of nitrogens with two attached hydrogens (primary N) is 1. The lowest BCUT2D eigenvalue weighted by Gasteiger charge is -2.13. The summed E-state index contributed by atoms with van der Waals surface area (Å²) in [6.45, 7) is 4.11. The van der Waals surface area contributed by atoms with E-state index in [0.29, 0.717) is 33.3 Å². The molecule has 0 aliphatic rings. The molecule has 0 aliphatic heterocycles. The Kier molecular flexibility index (Phi) is 7.92. The molecule has 2 aromatic heterocycles. The van der Waals surface area contributed by atoms with Crippen LogP contribution in [-0.4, -0.2) is 44.5 Å². The highest BCUT2D eigenvalue weighted by Crippen LogP contribution is 2.28. The third-order valence-corrected chi connectivity index (χ3v) is 6.71. The van der Waals surface area contributed by atoms with Crippen LogP contribution in [0.25, 0.3) is 17.1 Å². The molecular weight excluding hydrogens is 548 g/mol. The molecule has 0 saturated carbocycles. The van der Waals surface area contributed by atoms with Crippen LogP contribution < -0.4 is 20.6 Å². The summed E-state index contributed by atoms with van der Waals surface area (Å²) in [6.07, 6.45) is 1.50. The van der Waals surface area contributed by atoms with E-state index in [0.717, 1.165) is 16.7 Å². The lowest BCUT2D eigenvalue weighted by Crippen LogP contribution is -2.19. The maximum Gasteiger partial charge on any atom is 0.294 e. The number of benzene rings is 3. The van der Waals surface area contributed by atoms with Gasteiger partial charge < -0.3 is 15.2 Å². The molecule has 0 unspecified atom stereocenters. The summed E-state index contributed by atoms with van der Waals surface area (Å²) < 4.78 is 17.5. The number of nitrogen functional groups attached to an aromatic ring is 1. The van der Waals surface area contributed by atoms with Crippen molar-refractivity contribution in [3.8, 4) is 28.6 Å². The second-order valence-electron chi connectivity index (χ2n) is 8.97. The fraction of sp³-hybridized carbons (Fsp3) is 0.143. The van der Waals surface area contributed by atoms with Gasteiger partial charge in [0.2, 0.25) is 11.6 Å². The second kappa shape index (κ2) is 11.9. The Hall–Kier alpha value is -5.23. The largest absolute Gasteiger partial charge is 0.496 e. The maximum absolute atomic E-state index is 13.1. The number of hydrogen-bond donors (Lipinski definition) is 2. The Labute approximate surface area is 239 Å². The molecule has 0 radical (unpaired) electrons. The van der Waals surface area contributed by atoms with Crippen molar-refractivity contribution in [1.82, 2.24) is 30.7 Å². The minimum atomic E-state index is -0.591. The van der Waals surface area contributed by atoms with Gasteiger partial charge >= 0.3 is 0 Å². The number of halogens is 1. The molecule has 0 atom stereocenters.